The second-order valence-corrected chi connectivity index (χ2v) is 5.92. The number of rotatable bonds is 9. The van der Waals surface area contributed by atoms with E-state index < -0.39 is 0 Å². The third-order valence-corrected chi connectivity index (χ3v) is 3.59. The standard InChI is InChI=1S/C9H16ClN5.C7H12ClN5/c1-4-11-8-12-7(10)13-9(14-8)15(5-2)6-3;1-3-9-6-11-5(8)12-7(13-6)10-4-2/h4-6H2,1-3H3,(H,11,12,13,14);3-4H2,1-2H3,(H2,9,10,11,12,13). The van der Waals surface area contributed by atoms with Gasteiger partial charge in [-0.15, -0.1) is 0 Å². The summed E-state index contributed by atoms with van der Waals surface area (Å²) in [5.41, 5.74) is 0. The highest BCUT2D eigenvalue weighted by molar-refractivity contribution is 6.28. The molecule has 0 amide bonds. The van der Waals surface area contributed by atoms with Gasteiger partial charge in [0.2, 0.25) is 34.4 Å². The number of nitrogens with zero attached hydrogens (tertiary/aromatic N) is 7. The van der Waals surface area contributed by atoms with Crippen LogP contribution < -0.4 is 20.9 Å². The van der Waals surface area contributed by atoms with Crippen molar-refractivity contribution in [2.24, 2.45) is 0 Å². The van der Waals surface area contributed by atoms with Crippen LogP contribution in [0.2, 0.25) is 10.6 Å². The SMILES string of the molecule is CCNc1nc(Cl)nc(N(CC)CC)n1.CCNc1nc(Cl)nc(NCC)n1. The first kappa shape index (κ1) is 23.8. The number of aromatic nitrogens is 6. The molecule has 0 aliphatic rings. The maximum atomic E-state index is 5.81. The minimum atomic E-state index is 0.196. The number of hydrogen-bond donors (Lipinski definition) is 3. The highest BCUT2D eigenvalue weighted by Crippen LogP contribution is 2.13. The first-order chi connectivity index (χ1) is 13.5. The fourth-order valence-corrected chi connectivity index (χ4v) is 2.36. The van der Waals surface area contributed by atoms with E-state index >= 15 is 0 Å². The van der Waals surface area contributed by atoms with E-state index in [1.165, 1.54) is 0 Å². The zero-order valence-electron chi connectivity index (χ0n) is 16.9. The summed E-state index contributed by atoms with van der Waals surface area (Å²) in [6.45, 7) is 14.0. The van der Waals surface area contributed by atoms with Crippen molar-refractivity contribution in [3.63, 3.8) is 0 Å². The monoisotopic (exact) mass is 430 g/mol. The van der Waals surface area contributed by atoms with Gasteiger partial charge in [0, 0.05) is 32.7 Å². The van der Waals surface area contributed by atoms with Crippen molar-refractivity contribution >= 4 is 47.0 Å². The topological polar surface area (TPSA) is 117 Å². The van der Waals surface area contributed by atoms with Gasteiger partial charge in [0.1, 0.15) is 0 Å². The lowest BCUT2D eigenvalue weighted by atomic mass is 10.5. The number of hydrogen-bond acceptors (Lipinski definition) is 10. The average molecular weight is 431 g/mol. The van der Waals surface area contributed by atoms with E-state index in [4.69, 9.17) is 23.2 Å². The highest BCUT2D eigenvalue weighted by atomic mass is 35.5. The zero-order valence-corrected chi connectivity index (χ0v) is 18.4. The summed E-state index contributed by atoms with van der Waals surface area (Å²) in [6.07, 6.45) is 0. The first-order valence-corrected chi connectivity index (χ1v) is 10.0. The highest BCUT2D eigenvalue weighted by Gasteiger charge is 2.09. The molecule has 0 radical (unpaired) electrons. The van der Waals surface area contributed by atoms with Gasteiger partial charge >= 0.3 is 0 Å². The Morgan fingerprint density at radius 3 is 1.39 bits per heavy atom. The molecule has 12 heteroatoms. The summed E-state index contributed by atoms with van der Waals surface area (Å²) in [5.74, 6) is 2.15. The van der Waals surface area contributed by atoms with Crippen molar-refractivity contribution in [3.05, 3.63) is 10.6 Å². The molecule has 2 heterocycles. The second-order valence-electron chi connectivity index (χ2n) is 5.24. The number of nitrogens with one attached hydrogen (secondary N) is 3. The van der Waals surface area contributed by atoms with E-state index in [-0.39, 0.29) is 10.6 Å². The van der Waals surface area contributed by atoms with E-state index in [9.17, 15) is 0 Å². The Balaban J connectivity index is 0.000000283. The molecular weight excluding hydrogens is 403 g/mol. The van der Waals surface area contributed by atoms with Crippen LogP contribution in [0.25, 0.3) is 0 Å². The Kier molecular flexibility index (Phi) is 11.1. The Bertz CT molecular complexity index is 688. The lowest BCUT2D eigenvalue weighted by Gasteiger charge is -2.18. The summed E-state index contributed by atoms with van der Waals surface area (Å²) in [6, 6.07) is 0. The molecule has 0 saturated heterocycles. The quantitative estimate of drug-likeness (QED) is 0.546. The van der Waals surface area contributed by atoms with Crippen molar-refractivity contribution in [1.29, 1.82) is 0 Å². The van der Waals surface area contributed by atoms with Crippen LogP contribution >= 0.6 is 23.2 Å². The van der Waals surface area contributed by atoms with Crippen LogP contribution in [0.5, 0.6) is 0 Å². The Hall–Kier alpha value is -2.20. The third-order valence-electron chi connectivity index (χ3n) is 3.26. The Morgan fingerprint density at radius 2 is 1.00 bits per heavy atom. The molecule has 2 rings (SSSR count). The molecule has 0 atom stereocenters. The van der Waals surface area contributed by atoms with Gasteiger partial charge in [-0.3, -0.25) is 0 Å². The van der Waals surface area contributed by atoms with Gasteiger partial charge in [-0.05, 0) is 57.8 Å². The summed E-state index contributed by atoms with van der Waals surface area (Å²) in [7, 11) is 0. The predicted molar refractivity (Wildman–Crippen MR) is 116 cm³/mol. The lowest BCUT2D eigenvalue weighted by Crippen LogP contribution is -2.25. The average Bonchev–Trinajstić information content (AvgIpc) is 2.63. The summed E-state index contributed by atoms with van der Waals surface area (Å²) < 4.78 is 0. The van der Waals surface area contributed by atoms with Crippen LogP contribution in [-0.2, 0) is 0 Å². The van der Waals surface area contributed by atoms with Gasteiger partial charge in [0.05, 0.1) is 0 Å². The van der Waals surface area contributed by atoms with E-state index in [1.807, 2.05) is 39.5 Å². The predicted octanol–water partition coefficient (Wildman–Crippen LogP) is 3.19. The van der Waals surface area contributed by atoms with Crippen molar-refractivity contribution in [1.82, 2.24) is 29.9 Å². The van der Waals surface area contributed by atoms with Gasteiger partial charge < -0.3 is 20.9 Å². The van der Waals surface area contributed by atoms with Gasteiger partial charge in [0.15, 0.2) is 0 Å². The third kappa shape index (κ3) is 8.22. The van der Waals surface area contributed by atoms with Crippen molar-refractivity contribution in [2.45, 2.75) is 34.6 Å². The molecule has 0 spiro atoms. The molecule has 0 aliphatic heterocycles. The molecule has 0 saturated carbocycles. The largest absolute Gasteiger partial charge is 0.354 e. The molecule has 0 aromatic carbocycles. The van der Waals surface area contributed by atoms with E-state index in [1.54, 1.807) is 0 Å². The summed E-state index contributed by atoms with van der Waals surface area (Å²) in [4.78, 5) is 26.2. The van der Waals surface area contributed by atoms with Crippen LogP contribution in [0.3, 0.4) is 0 Å². The van der Waals surface area contributed by atoms with Crippen LogP contribution in [0.4, 0.5) is 23.8 Å². The molecule has 0 unspecified atom stereocenters. The van der Waals surface area contributed by atoms with Crippen molar-refractivity contribution < 1.29 is 0 Å². The van der Waals surface area contributed by atoms with Crippen LogP contribution in [0, 0.1) is 0 Å². The minimum absolute atomic E-state index is 0.196. The van der Waals surface area contributed by atoms with Crippen molar-refractivity contribution in [3.8, 4) is 0 Å². The van der Waals surface area contributed by atoms with Gasteiger partial charge in [-0.1, -0.05) is 0 Å². The molecule has 156 valence electrons. The number of anilines is 4. The summed E-state index contributed by atoms with van der Waals surface area (Å²) in [5, 5.41) is 9.36. The summed E-state index contributed by atoms with van der Waals surface area (Å²) >= 11 is 11.5. The van der Waals surface area contributed by atoms with Gasteiger partial charge in [-0.2, -0.15) is 29.9 Å². The fourth-order valence-electron chi connectivity index (χ4n) is 2.05. The van der Waals surface area contributed by atoms with E-state index in [0.717, 1.165) is 32.7 Å². The lowest BCUT2D eigenvalue weighted by molar-refractivity contribution is 0.812. The second kappa shape index (κ2) is 13.1. The maximum Gasteiger partial charge on any atom is 0.231 e. The first-order valence-electron chi connectivity index (χ1n) is 9.26. The molecule has 0 aliphatic carbocycles. The smallest absolute Gasteiger partial charge is 0.231 e. The fraction of sp³-hybridized carbons (Fsp3) is 0.625. The Labute approximate surface area is 175 Å². The normalized spacial score (nSPS) is 9.96. The van der Waals surface area contributed by atoms with E-state index in [0.29, 0.717) is 23.8 Å². The van der Waals surface area contributed by atoms with Gasteiger partial charge in [0.25, 0.3) is 0 Å². The van der Waals surface area contributed by atoms with E-state index in [2.05, 4.69) is 45.9 Å². The van der Waals surface area contributed by atoms with Crippen LogP contribution in [0.1, 0.15) is 34.6 Å². The molecule has 2 aromatic heterocycles. The van der Waals surface area contributed by atoms with Crippen molar-refractivity contribution in [2.75, 3.05) is 53.6 Å². The molecule has 3 N–H and O–H groups in total. The molecule has 10 nitrogen and oxygen atoms in total. The molecule has 28 heavy (non-hydrogen) atoms. The molecule has 0 fully saturated rings. The maximum absolute atomic E-state index is 5.81. The molecule has 2 aromatic rings. The minimum Gasteiger partial charge on any atom is -0.354 e. The Morgan fingerprint density at radius 1 is 0.607 bits per heavy atom. The van der Waals surface area contributed by atoms with Crippen LogP contribution in [-0.4, -0.2) is 62.6 Å². The zero-order chi connectivity index (χ0) is 20.9. The van der Waals surface area contributed by atoms with Gasteiger partial charge in [-0.25, -0.2) is 0 Å². The molecular formula is C16H28Cl2N10. The van der Waals surface area contributed by atoms with Crippen LogP contribution in [0.15, 0.2) is 0 Å². The molecule has 0 bridgehead atoms. The number of halogens is 2.